The molecule has 3 unspecified atom stereocenters. The van der Waals surface area contributed by atoms with Gasteiger partial charge in [-0.25, -0.2) is 0 Å². The summed E-state index contributed by atoms with van der Waals surface area (Å²) in [5, 5.41) is 21.3. The number of carbonyl (C=O) groups excluding carboxylic acids is 7. The predicted octanol–water partition coefficient (Wildman–Crippen LogP) is 12.4. The van der Waals surface area contributed by atoms with Crippen LogP contribution in [0.2, 0.25) is 0 Å². The second-order valence-electron chi connectivity index (χ2n) is 20.4. The van der Waals surface area contributed by atoms with Crippen LogP contribution in [0.5, 0.6) is 0 Å². The predicted molar refractivity (Wildman–Crippen MR) is 296 cm³/mol. The Hall–Kier alpha value is -7.19. The van der Waals surface area contributed by atoms with Crippen LogP contribution in [0.1, 0.15) is 140 Å². The van der Waals surface area contributed by atoms with Gasteiger partial charge >= 0.3 is 0 Å². The maximum Gasteiger partial charge on any atom is 0.167 e. The Morgan fingerprint density at radius 3 is 1.18 bits per heavy atom. The number of nitrogens with zero attached hydrogens (tertiary/aromatic N) is 3. The zero-order valence-corrected chi connectivity index (χ0v) is 47.6. The fourth-order valence-corrected chi connectivity index (χ4v) is 11.2. The van der Waals surface area contributed by atoms with Gasteiger partial charge in [-0.15, -0.1) is 0 Å². The molecular weight excluding hydrogens is 1170 g/mol. The molecule has 0 amide bonds. The van der Waals surface area contributed by atoms with Crippen LogP contribution in [0.25, 0.3) is 65.2 Å². The minimum Gasteiger partial charge on any atom is -0.385 e. The van der Waals surface area contributed by atoms with Crippen molar-refractivity contribution < 1.29 is 77.7 Å². The molecule has 3 heterocycles. The van der Waals surface area contributed by atoms with Crippen LogP contribution in [0.15, 0.2) is 105 Å². The molecule has 0 aliphatic heterocycles. The molecule has 0 spiro atoms. The van der Waals surface area contributed by atoms with Gasteiger partial charge in [0.05, 0.1) is 53.2 Å². The van der Waals surface area contributed by atoms with E-state index in [0.717, 1.165) is 107 Å². The van der Waals surface area contributed by atoms with E-state index in [9.17, 15) is 33.6 Å². The van der Waals surface area contributed by atoms with E-state index in [4.69, 9.17) is 23.0 Å². The summed E-state index contributed by atoms with van der Waals surface area (Å²) in [6, 6.07) is 29.8. The van der Waals surface area contributed by atoms with Gasteiger partial charge in [0, 0.05) is 73.3 Å². The normalized spacial score (nSPS) is 17.7. The number of ether oxygens (including phenoxy) is 2. The first-order valence-electron chi connectivity index (χ1n) is 26.5. The van der Waals surface area contributed by atoms with Crippen molar-refractivity contribution in [1.29, 1.82) is 0 Å². The first kappa shape index (κ1) is 58.0. The Bertz CT molecular complexity index is 3590. The Morgan fingerprint density at radius 1 is 0.481 bits per heavy atom. The molecule has 0 N–H and O–H groups in total. The molecule has 6 aromatic carbocycles. The Morgan fingerprint density at radius 2 is 0.835 bits per heavy atom. The molecular formula is C63H62N3O12W-. The molecule has 0 saturated heterocycles. The van der Waals surface area contributed by atoms with Crippen LogP contribution in [0.3, 0.4) is 0 Å². The smallest absolute Gasteiger partial charge is 0.167 e. The second-order valence-corrected chi connectivity index (χ2v) is 20.4. The SMILES string of the molecule is COCCCCc1ccc2c(ccc3onc(C4CCC(=O)CC4=O)c32)c1.COCCCCc1ccc2c(ccc3onc(C4CCC(=O)CC4=O)c32)c1.O=Cc1ccc2c(ccc3onc(C4CCC(=O)CC4=O)c32)c1.[CH3-].[W]. The maximum atomic E-state index is 12.4. The summed E-state index contributed by atoms with van der Waals surface area (Å²) in [6.45, 7) is 1.58. The first-order valence-corrected chi connectivity index (χ1v) is 26.5. The largest absolute Gasteiger partial charge is 0.385 e. The zero-order chi connectivity index (χ0) is 53.6. The number of benzene rings is 6. The number of ketones is 6. The third-order valence-corrected chi connectivity index (χ3v) is 15.3. The fraction of sp³-hybridized carbons (Fsp3) is 0.349. The van der Waals surface area contributed by atoms with Crippen molar-refractivity contribution in [3.63, 3.8) is 0 Å². The number of methoxy groups -OCH3 is 2. The third kappa shape index (κ3) is 12.6. The fourth-order valence-electron chi connectivity index (χ4n) is 11.2. The van der Waals surface area contributed by atoms with Gasteiger partial charge in [-0.2, -0.15) is 0 Å². The number of Topliss-reactive ketones (excluding diaryl/α,β-unsaturated/α-hetero) is 6. The molecule has 9 aromatic rings. The van der Waals surface area contributed by atoms with E-state index < -0.39 is 5.92 Å². The summed E-state index contributed by atoms with van der Waals surface area (Å²) < 4.78 is 26.6. The number of aldehydes is 1. The van der Waals surface area contributed by atoms with E-state index in [0.29, 0.717) is 77.9 Å². The molecule has 15 nitrogen and oxygen atoms in total. The van der Waals surface area contributed by atoms with Crippen LogP contribution in [-0.4, -0.2) is 83.9 Å². The standard InChI is InChI=1S/2C22H23NO4.C18H13NO4.CH3.W/c2*1-26-11-3-2-4-14-5-8-17-15(12-14)6-10-20-21(17)22(23-27-20)18-9-7-16(24)13-19(18)25;20-9-10-1-4-13-11(7-10)2-6-16-17(13)18(19-23-16)14-5-3-12(21)8-15(14)22;;/h2*5-6,8,10,12,18H,2-4,7,9,11,13H2,1H3;1-2,4,6-7,9,14H,3,5,8H2;1H3;/q;;;-1;. The minimum absolute atomic E-state index is 0. The van der Waals surface area contributed by atoms with Crippen molar-refractivity contribution in [1.82, 2.24) is 15.5 Å². The van der Waals surface area contributed by atoms with Crippen LogP contribution >= 0.6 is 0 Å². The van der Waals surface area contributed by atoms with Crippen molar-refractivity contribution in [2.75, 3.05) is 27.4 Å². The van der Waals surface area contributed by atoms with Gasteiger partial charge in [0.25, 0.3) is 0 Å². The minimum atomic E-state index is -0.398. The van der Waals surface area contributed by atoms with E-state index >= 15 is 0 Å². The number of hydrogen-bond acceptors (Lipinski definition) is 15. The molecule has 3 aliphatic rings. The summed E-state index contributed by atoms with van der Waals surface area (Å²) in [4.78, 5) is 82.5. The summed E-state index contributed by atoms with van der Waals surface area (Å²) in [7, 11) is 3.45. The average Bonchev–Trinajstić information content (AvgIpc) is 4.25. The molecule has 3 atom stereocenters. The van der Waals surface area contributed by atoms with Gasteiger partial charge in [0.1, 0.15) is 58.1 Å². The van der Waals surface area contributed by atoms with Crippen molar-refractivity contribution in [3.05, 3.63) is 132 Å². The van der Waals surface area contributed by atoms with Crippen molar-refractivity contribution in [2.45, 2.75) is 114 Å². The molecule has 3 fully saturated rings. The average molecular weight is 1240 g/mol. The van der Waals surface area contributed by atoms with Crippen molar-refractivity contribution in [3.8, 4) is 0 Å². The quantitative estimate of drug-likeness (QED) is 0.0428. The van der Waals surface area contributed by atoms with E-state index in [2.05, 4.69) is 51.9 Å². The molecule has 3 aliphatic carbocycles. The first-order chi connectivity index (χ1) is 37.5. The van der Waals surface area contributed by atoms with E-state index in [1.54, 1.807) is 32.4 Å². The van der Waals surface area contributed by atoms with Crippen LogP contribution in [-0.2, 0) is 72.1 Å². The number of aryl methyl sites for hydroxylation is 2. The summed E-state index contributed by atoms with van der Waals surface area (Å²) in [6.07, 6.45) is 9.86. The molecule has 12 rings (SSSR count). The molecule has 0 radical (unpaired) electrons. The summed E-state index contributed by atoms with van der Waals surface area (Å²) in [5.74, 6) is -1.25. The van der Waals surface area contributed by atoms with Crippen LogP contribution < -0.4 is 0 Å². The van der Waals surface area contributed by atoms with E-state index in [-0.39, 0.29) is 94.3 Å². The van der Waals surface area contributed by atoms with Gasteiger partial charge in [-0.1, -0.05) is 82.2 Å². The molecule has 408 valence electrons. The summed E-state index contributed by atoms with van der Waals surface area (Å²) >= 11 is 0. The third-order valence-electron chi connectivity index (χ3n) is 15.3. The van der Waals surface area contributed by atoms with Gasteiger partial charge in [-0.3, -0.25) is 33.6 Å². The van der Waals surface area contributed by atoms with Gasteiger partial charge in [0.2, 0.25) is 0 Å². The van der Waals surface area contributed by atoms with Gasteiger partial charge < -0.3 is 30.5 Å². The molecule has 3 saturated carbocycles. The Balaban J connectivity index is 0.000000155. The van der Waals surface area contributed by atoms with E-state index in [1.807, 2.05) is 36.4 Å². The summed E-state index contributed by atoms with van der Waals surface area (Å²) in [5.41, 5.74) is 7.12. The second kappa shape index (κ2) is 26.2. The molecule has 3 aromatic heterocycles. The Kier molecular flexibility index (Phi) is 19.2. The topological polar surface area (TPSA) is 216 Å². The van der Waals surface area contributed by atoms with E-state index in [1.165, 1.54) is 11.1 Å². The number of fused-ring (bicyclic) bond motifs is 9. The maximum absolute atomic E-state index is 12.4. The molecule has 16 heteroatoms. The van der Waals surface area contributed by atoms with Crippen molar-refractivity contribution in [2.24, 2.45) is 0 Å². The van der Waals surface area contributed by atoms with Crippen molar-refractivity contribution >= 4 is 106 Å². The number of hydrogen-bond donors (Lipinski definition) is 0. The van der Waals surface area contributed by atoms with Crippen LogP contribution in [0.4, 0.5) is 0 Å². The molecule has 79 heavy (non-hydrogen) atoms. The van der Waals surface area contributed by atoms with Gasteiger partial charge in [0.15, 0.2) is 16.7 Å². The number of rotatable bonds is 14. The molecule has 0 bridgehead atoms. The number of carbonyl (C=O) groups is 7. The zero-order valence-electron chi connectivity index (χ0n) is 44.6. The van der Waals surface area contributed by atoms with Gasteiger partial charge in [-0.05, 0) is 125 Å². The Labute approximate surface area is 470 Å². The number of aromatic nitrogens is 3. The van der Waals surface area contributed by atoms with Crippen LogP contribution in [0, 0.1) is 7.43 Å². The number of unbranched alkanes of at least 4 members (excludes halogenated alkanes) is 2. The monoisotopic (exact) mass is 1240 g/mol.